The third-order valence-electron chi connectivity index (χ3n) is 4.07. The number of hydrogen-bond acceptors (Lipinski definition) is 6. The fourth-order valence-electron chi connectivity index (χ4n) is 2.95. The second-order valence-corrected chi connectivity index (χ2v) is 5.62. The second kappa shape index (κ2) is 6.40. The predicted molar refractivity (Wildman–Crippen MR) is 76.7 cm³/mol. The summed E-state index contributed by atoms with van der Waals surface area (Å²) in [5, 5.41) is 6.29. The molecule has 1 amide bonds. The number of ether oxygens (including phenoxy) is 1. The predicted octanol–water partition coefficient (Wildman–Crippen LogP) is -0.286. The molecule has 0 aromatic carbocycles. The molecule has 8 heteroatoms. The highest BCUT2D eigenvalue weighted by atomic mass is 16.5. The Morgan fingerprint density at radius 1 is 1.33 bits per heavy atom. The van der Waals surface area contributed by atoms with Crippen molar-refractivity contribution in [2.24, 2.45) is 0 Å². The quantitative estimate of drug-likeness (QED) is 0.795. The summed E-state index contributed by atoms with van der Waals surface area (Å²) in [5.74, 6) is 0.200. The van der Waals surface area contributed by atoms with E-state index in [0.717, 1.165) is 52.0 Å². The summed E-state index contributed by atoms with van der Waals surface area (Å²) in [4.78, 5) is 20.4. The fraction of sp³-hybridized carbons (Fsp3) is 0.769. The van der Waals surface area contributed by atoms with E-state index in [1.165, 1.54) is 0 Å². The van der Waals surface area contributed by atoms with E-state index >= 15 is 0 Å². The molecule has 8 nitrogen and oxygen atoms in total. The Bertz CT molecular complexity index is 485. The Kier molecular flexibility index (Phi) is 4.35. The maximum atomic E-state index is 12.3. The van der Waals surface area contributed by atoms with Crippen LogP contribution >= 0.6 is 0 Å². The topological polar surface area (TPSA) is 100 Å². The van der Waals surface area contributed by atoms with Crippen LogP contribution in [0.25, 0.3) is 0 Å². The number of hydrogen-bond donors (Lipinski definition) is 2. The van der Waals surface area contributed by atoms with Crippen molar-refractivity contribution < 1.29 is 9.53 Å². The first-order chi connectivity index (χ1) is 10.2. The van der Waals surface area contributed by atoms with Crippen molar-refractivity contribution in [2.45, 2.75) is 25.4 Å². The van der Waals surface area contributed by atoms with Gasteiger partial charge >= 0.3 is 0 Å². The first-order valence-electron chi connectivity index (χ1n) is 7.53. The number of carbonyl (C=O) groups is 1. The molecule has 1 unspecified atom stereocenters. The zero-order chi connectivity index (χ0) is 14.7. The normalized spacial score (nSPS) is 24.2. The van der Waals surface area contributed by atoms with E-state index in [4.69, 9.17) is 10.5 Å². The number of nitrogens with zero attached hydrogens (tertiary/aromatic N) is 4. The summed E-state index contributed by atoms with van der Waals surface area (Å²) in [5.41, 5.74) is 5.44. The highest BCUT2D eigenvalue weighted by Crippen LogP contribution is 2.15. The highest BCUT2D eigenvalue weighted by molar-refractivity contribution is 5.90. The lowest BCUT2D eigenvalue weighted by molar-refractivity contribution is 0.0698. The van der Waals surface area contributed by atoms with Crippen molar-refractivity contribution in [3.8, 4) is 0 Å². The Morgan fingerprint density at radius 2 is 2.24 bits per heavy atom. The molecule has 0 aliphatic carbocycles. The van der Waals surface area contributed by atoms with Crippen molar-refractivity contribution >= 4 is 11.9 Å². The van der Waals surface area contributed by atoms with Gasteiger partial charge in [0, 0.05) is 32.8 Å². The third kappa shape index (κ3) is 3.51. The van der Waals surface area contributed by atoms with Crippen LogP contribution in [0.2, 0.25) is 0 Å². The van der Waals surface area contributed by atoms with Crippen LogP contribution in [-0.4, -0.2) is 76.3 Å². The van der Waals surface area contributed by atoms with Gasteiger partial charge in [0.05, 0.1) is 6.10 Å². The Hall–Kier alpha value is -1.67. The summed E-state index contributed by atoms with van der Waals surface area (Å²) in [6.45, 7) is 5.17. The smallest absolute Gasteiger partial charge is 0.291 e. The van der Waals surface area contributed by atoms with Crippen LogP contribution in [0, 0.1) is 0 Å². The lowest BCUT2D eigenvalue weighted by atomic mass is 10.2. The van der Waals surface area contributed by atoms with Crippen LogP contribution < -0.4 is 5.73 Å². The summed E-state index contributed by atoms with van der Waals surface area (Å²) < 4.78 is 5.68. The zero-order valence-electron chi connectivity index (χ0n) is 12.1. The van der Waals surface area contributed by atoms with Gasteiger partial charge in [-0.05, 0) is 25.8 Å². The van der Waals surface area contributed by atoms with Crippen molar-refractivity contribution in [1.29, 1.82) is 0 Å². The highest BCUT2D eigenvalue weighted by Gasteiger charge is 2.25. The van der Waals surface area contributed by atoms with Crippen LogP contribution in [0.3, 0.4) is 0 Å². The minimum absolute atomic E-state index is 0.105. The van der Waals surface area contributed by atoms with Gasteiger partial charge in [0.2, 0.25) is 11.8 Å². The van der Waals surface area contributed by atoms with E-state index in [-0.39, 0.29) is 17.7 Å². The molecule has 2 saturated heterocycles. The first kappa shape index (κ1) is 14.3. The van der Waals surface area contributed by atoms with Gasteiger partial charge in [0.25, 0.3) is 5.91 Å². The fourth-order valence-corrected chi connectivity index (χ4v) is 2.95. The number of aromatic nitrogens is 3. The molecule has 0 radical (unpaired) electrons. The van der Waals surface area contributed by atoms with Gasteiger partial charge in [-0.25, -0.2) is 0 Å². The maximum absolute atomic E-state index is 12.3. The summed E-state index contributed by atoms with van der Waals surface area (Å²) >= 11 is 0. The molecule has 116 valence electrons. The molecule has 0 spiro atoms. The third-order valence-corrected chi connectivity index (χ3v) is 4.07. The number of nitrogen functional groups attached to an aromatic ring is 1. The van der Waals surface area contributed by atoms with Gasteiger partial charge in [-0.15, -0.1) is 5.10 Å². The van der Waals surface area contributed by atoms with Gasteiger partial charge in [-0.1, -0.05) is 0 Å². The number of H-pyrrole nitrogens is 1. The van der Waals surface area contributed by atoms with E-state index in [9.17, 15) is 4.79 Å². The van der Waals surface area contributed by atoms with E-state index in [2.05, 4.69) is 20.1 Å². The second-order valence-electron chi connectivity index (χ2n) is 5.62. The number of anilines is 1. The van der Waals surface area contributed by atoms with Crippen molar-refractivity contribution in [3.63, 3.8) is 0 Å². The van der Waals surface area contributed by atoms with E-state index in [1.807, 2.05) is 4.90 Å². The molecule has 3 N–H and O–H groups in total. The van der Waals surface area contributed by atoms with E-state index in [0.29, 0.717) is 12.6 Å². The monoisotopic (exact) mass is 294 g/mol. The number of aromatic amines is 1. The standard InChI is InChI=1S/C13H22N6O2/c14-13-15-11(16-17-13)12(20)19-5-2-4-18(6-7-19)9-10-3-1-8-21-10/h10H,1-9H2,(H3,14,15,16,17). The average molecular weight is 294 g/mol. The molecule has 0 bridgehead atoms. The molecule has 1 aromatic rings. The Labute approximate surface area is 123 Å². The number of carbonyl (C=O) groups excluding carboxylic acids is 1. The van der Waals surface area contributed by atoms with Crippen LogP contribution in [0.15, 0.2) is 0 Å². The molecular formula is C13H22N6O2. The Morgan fingerprint density at radius 3 is 2.95 bits per heavy atom. The lowest BCUT2D eigenvalue weighted by Crippen LogP contribution is -2.37. The van der Waals surface area contributed by atoms with Crippen LogP contribution in [0.4, 0.5) is 5.95 Å². The Balaban J connectivity index is 1.53. The molecule has 0 saturated carbocycles. The molecule has 21 heavy (non-hydrogen) atoms. The number of rotatable bonds is 3. The van der Waals surface area contributed by atoms with Gasteiger partial charge in [-0.3, -0.25) is 14.8 Å². The van der Waals surface area contributed by atoms with Crippen LogP contribution in [-0.2, 0) is 4.74 Å². The number of amides is 1. The van der Waals surface area contributed by atoms with Crippen molar-refractivity contribution in [2.75, 3.05) is 45.1 Å². The molecule has 2 aliphatic heterocycles. The maximum Gasteiger partial charge on any atom is 0.291 e. The molecule has 2 fully saturated rings. The van der Waals surface area contributed by atoms with Gasteiger partial charge in [0.1, 0.15) is 0 Å². The van der Waals surface area contributed by atoms with Gasteiger partial charge in [0.15, 0.2) is 0 Å². The number of nitrogens with two attached hydrogens (primary N) is 1. The van der Waals surface area contributed by atoms with Gasteiger partial charge in [-0.2, -0.15) is 4.98 Å². The van der Waals surface area contributed by atoms with E-state index < -0.39 is 0 Å². The molecule has 1 atom stereocenters. The van der Waals surface area contributed by atoms with Crippen molar-refractivity contribution in [1.82, 2.24) is 25.0 Å². The zero-order valence-corrected chi connectivity index (χ0v) is 12.1. The summed E-state index contributed by atoms with van der Waals surface area (Å²) in [7, 11) is 0. The van der Waals surface area contributed by atoms with Crippen LogP contribution in [0.1, 0.15) is 29.9 Å². The molecule has 2 aliphatic rings. The molecular weight excluding hydrogens is 272 g/mol. The van der Waals surface area contributed by atoms with Crippen molar-refractivity contribution in [3.05, 3.63) is 5.82 Å². The first-order valence-corrected chi connectivity index (χ1v) is 7.53. The average Bonchev–Trinajstić information content (AvgIpc) is 3.07. The van der Waals surface area contributed by atoms with Gasteiger partial charge < -0.3 is 15.4 Å². The lowest BCUT2D eigenvalue weighted by Gasteiger charge is -2.23. The minimum Gasteiger partial charge on any atom is -0.377 e. The number of nitrogens with one attached hydrogen (secondary N) is 1. The minimum atomic E-state index is -0.127. The van der Waals surface area contributed by atoms with Crippen LogP contribution in [0.5, 0.6) is 0 Å². The summed E-state index contributed by atoms with van der Waals surface area (Å²) in [6, 6.07) is 0. The molecule has 1 aromatic heterocycles. The SMILES string of the molecule is Nc1n[nH]c(C(=O)N2CCCN(CC3CCCO3)CC2)n1. The summed E-state index contributed by atoms with van der Waals surface area (Å²) in [6.07, 6.45) is 3.63. The molecule has 3 rings (SSSR count). The largest absolute Gasteiger partial charge is 0.377 e. The van der Waals surface area contributed by atoms with E-state index in [1.54, 1.807) is 0 Å². The molecule has 3 heterocycles.